The number of rotatable bonds is 9. The van der Waals surface area contributed by atoms with Gasteiger partial charge in [-0.15, -0.1) is 0 Å². The van der Waals surface area contributed by atoms with Gasteiger partial charge < -0.3 is 39.2 Å². The highest BCUT2D eigenvalue weighted by atomic mass is 16.6. The molecule has 2 aliphatic heterocycles. The van der Waals surface area contributed by atoms with Crippen LogP contribution in [0.1, 0.15) is 61.5 Å². The van der Waals surface area contributed by atoms with Gasteiger partial charge in [-0.3, -0.25) is 9.59 Å². The lowest BCUT2D eigenvalue weighted by atomic mass is 9.54. The number of carbonyl (C=O) groups excluding carboxylic acids is 3. The number of esters is 3. The van der Waals surface area contributed by atoms with Crippen molar-refractivity contribution in [3.05, 3.63) is 76.6 Å². The fourth-order valence-corrected chi connectivity index (χ4v) is 6.96. The molecule has 1 spiro atoms. The summed E-state index contributed by atoms with van der Waals surface area (Å²) in [7, 11) is 1.94. The van der Waals surface area contributed by atoms with Gasteiger partial charge in [0.2, 0.25) is 12.2 Å². The van der Waals surface area contributed by atoms with Gasteiger partial charge in [0.25, 0.3) is 0 Å². The first kappa shape index (κ1) is 32.1. The molecule has 6 atom stereocenters. The average molecular weight is 624 g/mol. The van der Waals surface area contributed by atoms with Crippen molar-refractivity contribution in [1.82, 2.24) is 4.90 Å². The van der Waals surface area contributed by atoms with Crippen LogP contribution in [0.4, 0.5) is 0 Å². The molecule has 12 nitrogen and oxygen atoms in total. The summed E-state index contributed by atoms with van der Waals surface area (Å²) < 4.78 is 22.6. The van der Waals surface area contributed by atoms with E-state index in [1.165, 1.54) is 0 Å². The van der Waals surface area contributed by atoms with Crippen molar-refractivity contribution in [2.24, 2.45) is 0 Å². The van der Waals surface area contributed by atoms with Crippen molar-refractivity contribution < 1.29 is 53.4 Å². The van der Waals surface area contributed by atoms with Gasteiger partial charge in [-0.2, -0.15) is 0 Å². The molecule has 0 radical (unpaired) electrons. The van der Waals surface area contributed by atoms with Crippen LogP contribution >= 0.6 is 0 Å². The van der Waals surface area contributed by atoms with Crippen LogP contribution in [-0.4, -0.2) is 81.5 Å². The molecule has 5 rings (SSSR count). The molecule has 0 aromatic heterocycles. The first-order chi connectivity index (χ1) is 21.3. The molecule has 2 heterocycles. The van der Waals surface area contributed by atoms with Gasteiger partial charge in [0.15, 0.2) is 6.10 Å². The van der Waals surface area contributed by atoms with Crippen molar-refractivity contribution in [3.63, 3.8) is 0 Å². The van der Waals surface area contributed by atoms with E-state index in [0.29, 0.717) is 24.3 Å². The molecule has 1 saturated heterocycles. The smallest absolute Gasteiger partial charge is 0.357 e. The Balaban J connectivity index is 1.50. The third-order valence-corrected chi connectivity index (χ3v) is 9.32. The number of aliphatic carboxylic acids is 1. The second kappa shape index (κ2) is 12.3. The van der Waals surface area contributed by atoms with E-state index in [0.717, 1.165) is 18.1 Å². The Morgan fingerprint density at radius 3 is 2.47 bits per heavy atom. The molecule has 0 saturated carbocycles. The number of ether oxygens (including phenoxy) is 4. The summed E-state index contributed by atoms with van der Waals surface area (Å²) in [5.74, 6) is -3.95. The van der Waals surface area contributed by atoms with Crippen molar-refractivity contribution in [3.8, 4) is 5.75 Å². The molecule has 0 unspecified atom stereocenters. The van der Waals surface area contributed by atoms with E-state index in [-0.39, 0.29) is 30.4 Å². The molecule has 3 N–H and O–H groups in total. The van der Waals surface area contributed by atoms with Crippen molar-refractivity contribution in [2.75, 3.05) is 13.6 Å². The molecule has 1 aliphatic carbocycles. The maximum absolute atomic E-state index is 13.8. The van der Waals surface area contributed by atoms with Gasteiger partial charge in [0, 0.05) is 36.1 Å². The van der Waals surface area contributed by atoms with Crippen molar-refractivity contribution in [1.29, 1.82) is 0 Å². The number of aryl methyl sites for hydroxylation is 1. The SMILES string of the molecule is CC(=O)O[C@@H](CC(=O)O[C@H](C(=O)OC1=CC[C@@]2(O)[C@@H](C)N(C)CC[C@@]23c2c(C)ccc(CO)c2O[C@@H]13)c1ccccc1)C(=O)O. The number of piperidine rings is 1. The molecule has 2 aromatic rings. The number of aliphatic hydroxyl groups excluding tert-OH is 1. The normalized spacial score (nSPS) is 26.6. The van der Waals surface area contributed by atoms with E-state index >= 15 is 0 Å². The van der Waals surface area contributed by atoms with E-state index < -0.39 is 59.6 Å². The van der Waals surface area contributed by atoms with Gasteiger partial charge in [-0.05, 0) is 45.5 Å². The molecule has 0 bridgehead atoms. The van der Waals surface area contributed by atoms with Crippen LogP contribution in [0.3, 0.4) is 0 Å². The number of hydrogen-bond donors (Lipinski definition) is 3. The zero-order chi connectivity index (χ0) is 32.7. The number of likely N-dealkylation sites (tertiary alicyclic amines) is 1. The second-order valence-electron chi connectivity index (χ2n) is 11.9. The highest BCUT2D eigenvalue weighted by Crippen LogP contribution is 2.61. The minimum Gasteiger partial charge on any atom is -0.481 e. The van der Waals surface area contributed by atoms with Crippen molar-refractivity contribution >= 4 is 23.9 Å². The fourth-order valence-electron chi connectivity index (χ4n) is 6.96. The van der Waals surface area contributed by atoms with Crippen LogP contribution in [0, 0.1) is 6.92 Å². The lowest BCUT2D eigenvalue weighted by Gasteiger charge is -2.58. The number of carboxylic acids is 1. The highest BCUT2D eigenvalue weighted by Gasteiger charge is 2.69. The van der Waals surface area contributed by atoms with E-state index in [1.54, 1.807) is 42.5 Å². The predicted octanol–water partition coefficient (Wildman–Crippen LogP) is 2.46. The zero-order valence-corrected chi connectivity index (χ0v) is 25.5. The molecule has 1 fully saturated rings. The second-order valence-corrected chi connectivity index (χ2v) is 11.9. The Morgan fingerprint density at radius 1 is 1.11 bits per heavy atom. The van der Waals surface area contributed by atoms with Crippen LogP contribution in [0.5, 0.6) is 5.75 Å². The zero-order valence-electron chi connectivity index (χ0n) is 25.5. The number of likely N-dealkylation sites (N-methyl/N-ethyl adjacent to an activating group) is 1. The molecular formula is C33H37NO11. The third-order valence-electron chi connectivity index (χ3n) is 9.32. The lowest BCUT2D eigenvalue weighted by Crippen LogP contribution is -2.71. The Kier molecular flexibility index (Phi) is 8.76. The summed E-state index contributed by atoms with van der Waals surface area (Å²) >= 11 is 0. The number of aliphatic hydroxyl groups is 2. The summed E-state index contributed by atoms with van der Waals surface area (Å²) in [6.07, 6.45) is -2.97. The first-order valence-corrected chi connectivity index (χ1v) is 14.7. The predicted molar refractivity (Wildman–Crippen MR) is 157 cm³/mol. The average Bonchev–Trinajstić information content (AvgIpc) is 3.37. The summed E-state index contributed by atoms with van der Waals surface area (Å²) in [5, 5.41) is 32.0. The van der Waals surface area contributed by atoms with Crippen LogP contribution in [0.15, 0.2) is 54.3 Å². The number of nitrogens with zero attached hydrogens (tertiary/aromatic N) is 1. The van der Waals surface area contributed by atoms with E-state index in [2.05, 4.69) is 4.90 Å². The first-order valence-electron chi connectivity index (χ1n) is 14.7. The highest BCUT2D eigenvalue weighted by molar-refractivity contribution is 5.85. The maximum atomic E-state index is 13.8. The Bertz CT molecular complexity index is 1540. The number of fused-ring (bicyclic) bond motifs is 1. The van der Waals surface area contributed by atoms with Crippen LogP contribution in [-0.2, 0) is 45.4 Å². The number of carboxylic acid groups (broad SMARTS) is 1. The minimum absolute atomic E-state index is 0.126. The fraction of sp³-hybridized carbons (Fsp3) is 0.455. The summed E-state index contributed by atoms with van der Waals surface area (Å²) in [6, 6.07) is 11.4. The maximum Gasteiger partial charge on any atom is 0.357 e. The van der Waals surface area contributed by atoms with Gasteiger partial charge >= 0.3 is 23.9 Å². The minimum atomic E-state index is -1.80. The lowest BCUT2D eigenvalue weighted by molar-refractivity contribution is -0.176. The molecule has 12 heteroatoms. The quantitative estimate of drug-likeness (QED) is 0.276. The molecule has 240 valence electrons. The molecule has 0 amide bonds. The third kappa shape index (κ3) is 5.47. The van der Waals surface area contributed by atoms with Gasteiger partial charge in [0.05, 0.1) is 24.0 Å². The summed E-state index contributed by atoms with van der Waals surface area (Å²) in [4.78, 5) is 51.7. The molecule has 2 aromatic carbocycles. The van der Waals surface area contributed by atoms with Gasteiger partial charge in [-0.1, -0.05) is 42.5 Å². The number of benzene rings is 2. The van der Waals surface area contributed by atoms with E-state index in [9.17, 15) is 34.5 Å². The Hall–Kier alpha value is -4.26. The van der Waals surface area contributed by atoms with Crippen molar-refractivity contribution in [2.45, 2.75) is 82.0 Å². The number of hydrogen-bond acceptors (Lipinski definition) is 11. The monoisotopic (exact) mass is 623 g/mol. The van der Waals surface area contributed by atoms with E-state index in [1.807, 2.05) is 27.0 Å². The topological polar surface area (TPSA) is 169 Å². The van der Waals surface area contributed by atoms with E-state index in [4.69, 9.17) is 18.9 Å². The standard InChI is InChI=1S/C33H37NO11/c1-18-10-11-22(17-35)27-26(18)32-14-15-34(4)19(2)33(32,41)13-12-23(29(32)45-27)43-31(40)28(21-8-6-5-7-9-21)44-25(37)16-24(30(38)39)42-20(3)36/h5-12,19,24,28-29,35,41H,13-17H2,1-4H3,(H,38,39)/t19-,24+,28+,29+,32+,33-/m1/s1. The summed E-state index contributed by atoms with van der Waals surface area (Å²) in [6.45, 7) is 5.19. The van der Waals surface area contributed by atoms with Crippen LogP contribution < -0.4 is 4.74 Å². The Labute approximate surface area is 260 Å². The molecular weight excluding hydrogens is 586 g/mol. The number of carbonyl (C=O) groups is 4. The van der Waals surface area contributed by atoms with Gasteiger partial charge in [0.1, 0.15) is 11.5 Å². The largest absolute Gasteiger partial charge is 0.481 e. The van der Waals surface area contributed by atoms with Crippen LogP contribution in [0.25, 0.3) is 0 Å². The Morgan fingerprint density at radius 2 is 1.82 bits per heavy atom. The van der Waals surface area contributed by atoms with Crippen LogP contribution in [0.2, 0.25) is 0 Å². The van der Waals surface area contributed by atoms with Gasteiger partial charge in [-0.25, -0.2) is 9.59 Å². The molecule has 45 heavy (non-hydrogen) atoms. The summed E-state index contributed by atoms with van der Waals surface area (Å²) in [5.41, 5.74) is 0.0867. The molecule has 3 aliphatic rings.